The normalized spacial score (nSPS) is 11.9. The number of alkyl halides is 3. The van der Waals surface area contributed by atoms with Crippen LogP contribution in [0.3, 0.4) is 0 Å². The zero-order valence-corrected chi connectivity index (χ0v) is 30.8. The molecule has 0 aliphatic rings. The highest BCUT2D eigenvalue weighted by Crippen LogP contribution is 2.47. The van der Waals surface area contributed by atoms with Crippen LogP contribution in [0.15, 0.2) is 192 Å². The first-order valence-corrected chi connectivity index (χ1v) is 19.4. The van der Waals surface area contributed by atoms with Gasteiger partial charge in [0, 0.05) is 39.6 Å². The zero-order chi connectivity index (χ0) is 39.1. The van der Waals surface area contributed by atoms with Crippen molar-refractivity contribution in [3.05, 3.63) is 188 Å². The van der Waals surface area contributed by atoms with Crippen LogP contribution in [0.25, 0.3) is 43.8 Å². The average molecular weight is 777 g/mol. The molecule has 0 radical (unpaired) electrons. The highest BCUT2D eigenvalue weighted by Gasteiger charge is 2.49. The third-order valence-electron chi connectivity index (χ3n) is 9.80. The van der Waals surface area contributed by atoms with Crippen LogP contribution in [0.5, 0.6) is 5.75 Å². The van der Waals surface area contributed by atoms with Crippen LogP contribution in [-0.2, 0) is 10.1 Å². The number of para-hydroxylation sites is 3. The molecular weight excluding hydrogens is 746 g/mol. The summed E-state index contributed by atoms with van der Waals surface area (Å²) in [4.78, 5) is 3.50. The van der Waals surface area contributed by atoms with E-state index in [1.165, 1.54) is 6.07 Å². The molecule has 0 spiro atoms. The summed E-state index contributed by atoms with van der Waals surface area (Å²) in [6.45, 7) is 0. The van der Waals surface area contributed by atoms with Crippen molar-refractivity contribution >= 4 is 77.0 Å². The maximum Gasteiger partial charge on any atom is 0.534 e. The lowest BCUT2D eigenvalue weighted by atomic mass is 9.98. The smallest absolute Gasteiger partial charge is 0.456 e. The minimum atomic E-state index is -6.10. The number of hydrogen-bond acceptors (Lipinski definition) is 6. The quantitative estimate of drug-likeness (QED) is 0.107. The highest BCUT2D eigenvalue weighted by molar-refractivity contribution is 7.88. The van der Waals surface area contributed by atoms with Crippen LogP contribution in [0.4, 0.5) is 47.3 Å². The summed E-state index contributed by atoms with van der Waals surface area (Å²) in [5, 5.41) is 3.90. The van der Waals surface area contributed by atoms with Gasteiger partial charge in [-0.3, -0.25) is 0 Å². The van der Waals surface area contributed by atoms with Crippen LogP contribution in [-0.4, -0.2) is 13.9 Å². The fourth-order valence-electron chi connectivity index (χ4n) is 7.21. The zero-order valence-electron chi connectivity index (χ0n) is 30.0. The molecule has 0 unspecified atom stereocenters. The van der Waals surface area contributed by atoms with Crippen molar-refractivity contribution in [1.82, 2.24) is 0 Å². The number of fused-ring (bicyclic) bond motifs is 4. The lowest BCUT2D eigenvalue weighted by molar-refractivity contribution is -0.0499. The van der Waals surface area contributed by atoms with E-state index in [1.807, 2.05) is 102 Å². The Morgan fingerprint density at radius 2 is 1.02 bits per heavy atom. The Bertz CT molecular complexity index is 2960. The number of hydrogen-bond donors (Lipinski definition) is 0. The monoisotopic (exact) mass is 776 g/mol. The molecule has 0 aliphatic carbocycles. The van der Waals surface area contributed by atoms with Crippen molar-refractivity contribution in [1.29, 1.82) is 0 Å². The van der Waals surface area contributed by atoms with Crippen LogP contribution in [0, 0.1) is 0 Å². The van der Waals surface area contributed by atoms with E-state index in [9.17, 15) is 21.6 Å². The summed E-state index contributed by atoms with van der Waals surface area (Å²) in [5.74, 6) is -0.523. The molecule has 1 heterocycles. The predicted molar refractivity (Wildman–Crippen MR) is 222 cm³/mol. The van der Waals surface area contributed by atoms with Crippen LogP contribution in [0.2, 0.25) is 0 Å². The average Bonchev–Trinajstić information content (AvgIpc) is 3.60. The van der Waals surface area contributed by atoms with Crippen LogP contribution < -0.4 is 14.0 Å². The molecule has 0 saturated heterocycles. The van der Waals surface area contributed by atoms with Crippen LogP contribution >= 0.6 is 0 Å². The lowest BCUT2D eigenvalue weighted by Gasteiger charge is -2.30. The maximum atomic E-state index is 14.1. The molecule has 9 aromatic rings. The molecule has 10 heteroatoms. The van der Waals surface area contributed by atoms with Crippen molar-refractivity contribution in [2.24, 2.45) is 0 Å². The van der Waals surface area contributed by atoms with Gasteiger partial charge in [-0.1, -0.05) is 109 Å². The Morgan fingerprint density at radius 1 is 0.474 bits per heavy atom. The predicted octanol–water partition coefficient (Wildman–Crippen LogP) is 13.6. The molecule has 8 aromatic carbocycles. The molecule has 0 N–H and O–H groups in total. The van der Waals surface area contributed by atoms with Gasteiger partial charge in [0.1, 0.15) is 11.2 Å². The Balaban J connectivity index is 1.25. The van der Waals surface area contributed by atoms with Gasteiger partial charge in [-0.15, -0.1) is 0 Å². The summed E-state index contributed by atoms with van der Waals surface area (Å²) in [6, 6.07) is 57.9. The third kappa shape index (κ3) is 6.70. The molecule has 0 bridgehead atoms. The van der Waals surface area contributed by atoms with Gasteiger partial charge in [0.05, 0.1) is 11.4 Å². The summed E-state index contributed by atoms with van der Waals surface area (Å²) >= 11 is 0. The number of anilines is 6. The Kier molecular flexibility index (Phi) is 8.90. The number of furan rings is 1. The molecule has 280 valence electrons. The largest absolute Gasteiger partial charge is 0.534 e. The van der Waals surface area contributed by atoms with Crippen molar-refractivity contribution in [3.8, 4) is 16.9 Å². The number of halogens is 3. The van der Waals surface area contributed by atoms with E-state index in [2.05, 4.69) is 24.3 Å². The second-order valence-electron chi connectivity index (χ2n) is 13.3. The van der Waals surface area contributed by atoms with E-state index in [1.54, 1.807) is 65.6 Å². The minimum Gasteiger partial charge on any atom is -0.456 e. The fourth-order valence-corrected chi connectivity index (χ4v) is 7.67. The first kappa shape index (κ1) is 35.6. The Morgan fingerprint density at radius 3 is 1.72 bits per heavy atom. The first-order chi connectivity index (χ1) is 27.6. The molecule has 0 atom stereocenters. The molecule has 0 aliphatic heterocycles. The summed E-state index contributed by atoms with van der Waals surface area (Å²) in [7, 11) is -6.10. The topological polar surface area (TPSA) is 63.0 Å². The van der Waals surface area contributed by atoms with Gasteiger partial charge in [-0.05, 0) is 94.7 Å². The van der Waals surface area contributed by atoms with E-state index >= 15 is 0 Å². The van der Waals surface area contributed by atoms with Crippen molar-refractivity contribution in [2.45, 2.75) is 5.51 Å². The Hall–Kier alpha value is -7.04. The van der Waals surface area contributed by atoms with Gasteiger partial charge in [0.15, 0.2) is 5.75 Å². The molecule has 6 nitrogen and oxygen atoms in total. The number of benzene rings is 8. The van der Waals surface area contributed by atoms with Gasteiger partial charge in [0.25, 0.3) is 0 Å². The standard InChI is InChI=1S/C47H31F3N2O4S/c48-47(49,50)57(53,54)56-46-31-38(26-28-43(46)52(34-14-3-1-4-15-34)35-16-5-2-6-17-35)51(37-27-29-45-42(30-37)41-19-9-10-21-44(41)55-45)36-24-22-33(23-25-36)40-20-11-13-32-12-7-8-18-39(32)40/h1-31H. The van der Waals surface area contributed by atoms with Gasteiger partial charge >= 0.3 is 15.6 Å². The van der Waals surface area contributed by atoms with Crippen molar-refractivity contribution < 1.29 is 30.2 Å². The molecule has 1 aromatic heterocycles. The molecule has 0 amide bonds. The molecule has 9 rings (SSSR count). The highest BCUT2D eigenvalue weighted by atomic mass is 32.2. The maximum absolute atomic E-state index is 14.1. The second-order valence-corrected chi connectivity index (χ2v) is 14.9. The summed E-state index contributed by atoms with van der Waals surface area (Å²) in [6.07, 6.45) is 0. The number of nitrogens with zero attached hydrogens (tertiary/aromatic N) is 2. The molecular formula is C47H31F3N2O4S. The van der Waals surface area contributed by atoms with E-state index < -0.39 is 21.4 Å². The van der Waals surface area contributed by atoms with E-state index in [0.29, 0.717) is 39.6 Å². The van der Waals surface area contributed by atoms with E-state index in [0.717, 1.165) is 32.7 Å². The third-order valence-corrected chi connectivity index (χ3v) is 10.8. The summed E-state index contributed by atoms with van der Waals surface area (Å²) < 4.78 is 79.0. The molecule has 0 fully saturated rings. The van der Waals surface area contributed by atoms with Gasteiger partial charge < -0.3 is 18.4 Å². The van der Waals surface area contributed by atoms with Crippen molar-refractivity contribution in [3.63, 3.8) is 0 Å². The SMILES string of the molecule is O=S(=O)(Oc1cc(N(c2ccc(-c3cccc4ccccc34)cc2)c2ccc3oc4ccccc4c3c2)ccc1N(c1ccccc1)c1ccccc1)C(F)(F)F. The molecule has 57 heavy (non-hydrogen) atoms. The summed E-state index contributed by atoms with van der Waals surface area (Å²) in [5.41, 5.74) is 0.545. The first-order valence-electron chi connectivity index (χ1n) is 18.0. The fraction of sp³-hybridized carbons (Fsp3) is 0.0213. The second kappa shape index (κ2) is 14.2. The lowest BCUT2D eigenvalue weighted by Crippen LogP contribution is -2.28. The van der Waals surface area contributed by atoms with Crippen LogP contribution in [0.1, 0.15) is 0 Å². The molecule has 0 saturated carbocycles. The minimum absolute atomic E-state index is 0.0755. The number of rotatable bonds is 9. The van der Waals surface area contributed by atoms with Gasteiger partial charge in [0.2, 0.25) is 0 Å². The van der Waals surface area contributed by atoms with Crippen molar-refractivity contribution in [2.75, 3.05) is 9.80 Å². The Labute approximate surface area is 326 Å². The van der Waals surface area contributed by atoms with E-state index in [4.69, 9.17) is 8.60 Å². The van der Waals surface area contributed by atoms with Gasteiger partial charge in [-0.25, -0.2) is 0 Å². The van der Waals surface area contributed by atoms with Gasteiger partial charge in [-0.2, -0.15) is 21.6 Å². The van der Waals surface area contributed by atoms with E-state index in [-0.39, 0.29) is 5.69 Å².